The first-order valence-corrected chi connectivity index (χ1v) is 5.62. The van der Waals surface area contributed by atoms with E-state index in [4.69, 9.17) is 12.2 Å². The predicted octanol–water partition coefficient (Wildman–Crippen LogP) is 1.73. The quantitative estimate of drug-likeness (QED) is 0.820. The van der Waals surface area contributed by atoms with Crippen molar-refractivity contribution >= 4 is 12.2 Å². The average molecular weight is 235 g/mol. The van der Waals surface area contributed by atoms with Crippen LogP contribution in [-0.4, -0.2) is 25.0 Å². The van der Waals surface area contributed by atoms with Crippen molar-refractivity contribution in [3.8, 4) is 0 Å². The second-order valence-electron chi connectivity index (χ2n) is 3.50. The Morgan fingerprint density at radius 2 is 2.38 bits per heavy atom. The fraction of sp³-hybridized carbons (Fsp3) is 0.400. The Bertz CT molecular complexity index is 501. The Morgan fingerprint density at radius 3 is 3.06 bits per heavy atom. The summed E-state index contributed by atoms with van der Waals surface area (Å²) < 4.78 is 2.59. The molecule has 0 spiro atoms. The van der Waals surface area contributed by atoms with Crippen molar-refractivity contribution in [3.05, 3.63) is 34.6 Å². The van der Waals surface area contributed by atoms with E-state index in [9.17, 15) is 0 Å². The number of H-pyrrole nitrogens is 1. The highest BCUT2D eigenvalue weighted by atomic mass is 32.1. The molecule has 0 saturated heterocycles. The fourth-order valence-corrected chi connectivity index (χ4v) is 1.72. The fourth-order valence-electron chi connectivity index (χ4n) is 1.51. The largest absolute Gasteiger partial charge is 0.298 e. The van der Waals surface area contributed by atoms with E-state index in [0.717, 1.165) is 24.4 Å². The second-order valence-corrected chi connectivity index (χ2v) is 3.88. The van der Waals surface area contributed by atoms with E-state index >= 15 is 0 Å². The zero-order chi connectivity index (χ0) is 11.4. The van der Waals surface area contributed by atoms with Gasteiger partial charge in [-0.05, 0) is 30.8 Å². The number of hydrogen-bond donors (Lipinski definition) is 1. The van der Waals surface area contributed by atoms with Gasteiger partial charge in [0.05, 0.1) is 12.2 Å². The number of hydrogen-bond acceptors (Lipinski definition) is 4. The van der Waals surface area contributed by atoms with Gasteiger partial charge in [0.25, 0.3) is 0 Å². The molecule has 0 fully saturated rings. The zero-order valence-electron chi connectivity index (χ0n) is 9.05. The molecule has 5 nitrogen and oxygen atoms in total. The summed E-state index contributed by atoms with van der Waals surface area (Å²) >= 11 is 5.18. The molecule has 6 heteroatoms. The smallest absolute Gasteiger partial charge is 0.195 e. The zero-order valence-corrected chi connectivity index (χ0v) is 9.87. The number of nitrogens with zero attached hydrogens (tertiary/aromatic N) is 4. The predicted molar refractivity (Wildman–Crippen MR) is 62.5 cm³/mol. The van der Waals surface area contributed by atoms with Crippen molar-refractivity contribution in [2.45, 2.75) is 26.3 Å². The Morgan fingerprint density at radius 1 is 1.50 bits per heavy atom. The molecule has 2 aromatic heterocycles. The maximum Gasteiger partial charge on any atom is 0.195 e. The summed E-state index contributed by atoms with van der Waals surface area (Å²) in [4.78, 5) is 0. The van der Waals surface area contributed by atoms with Gasteiger partial charge in [-0.1, -0.05) is 6.92 Å². The molecule has 0 unspecified atom stereocenters. The Balaban J connectivity index is 2.27. The summed E-state index contributed by atoms with van der Waals surface area (Å²) in [6.07, 6.45) is 3.61. The van der Waals surface area contributed by atoms with E-state index in [0.29, 0.717) is 11.3 Å². The first-order valence-electron chi connectivity index (χ1n) is 5.22. The first-order chi connectivity index (χ1) is 7.81. The minimum atomic E-state index is 0.624. The van der Waals surface area contributed by atoms with Gasteiger partial charge in [0, 0.05) is 12.6 Å². The first kappa shape index (κ1) is 10.9. The summed E-state index contributed by atoms with van der Waals surface area (Å²) in [5, 5.41) is 14.9. The third kappa shape index (κ3) is 2.33. The minimum absolute atomic E-state index is 0.624. The van der Waals surface area contributed by atoms with Crippen LogP contribution >= 0.6 is 12.2 Å². The standard InChI is InChI=1S/C10H13N5S/c1-2-4-9-13-14-10(16)15(9)7-8-5-3-6-11-12-8/h3,5-6H,2,4,7H2,1H3,(H,14,16). The van der Waals surface area contributed by atoms with E-state index in [-0.39, 0.29) is 0 Å². The van der Waals surface area contributed by atoms with Gasteiger partial charge in [-0.25, -0.2) is 0 Å². The molecular formula is C10H13N5S. The van der Waals surface area contributed by atoms with E-state index in [1.54, 1.807) is 6.20 Å². The molecule has 0 aliphatic rings. The lowest BCUT2D eigenvalue weighted by Crippen LogP contribution is -2.07. The molecule has 0 bridgehead atoms. The molecule has 0 amide bonds. The van der Waals surface area contributed by atoms with Gasteiger partial charge in [0.2, 0.25) is 0 Å². The second kappa shape index (κ2) is 4.98. The molecule has 0 aromatic carbocycles. The number of nitrogens with one attached hydrogen (secondary N) is 1. The number of aromatic nitrogens is 5. The van der Waals surface area contributed by atoms with Crippen LogP contribution in [0.5, 0.6) is 0 Å². The van der Waals surface area contributed by atoms with Crippen molar-refractivity contribution in [2.24, 2.45) is 0 Å². The molecule has 1 N–H and O–H groups in total. The van der Waals surface area contributed by atoms with Crippen LogP contribution in [0.25, 0.3) is 0 Å². The molecule has 2 aromatic rings. The monoisotopic (exact) mass is 235 g/mol. The van der Waals surface area contributed by atoms with E-state index in [1.807, 2.05) is 16.7 Å². The van der Waals surface area contributed by atoms with Crippen molar-refractivity contribution in [1.29, 1.82) is 0 Å². The molecule has 0 atom stereocenters. The number of aromatic amines is 1. The highest BCUT2D eigenvalue weighted by Gasteiger charge is 2.06. The van der Waals surface area contributed by atoms with Crippen LogP contribution in [0.1, 0.15) is 24.9 Å². The van der Waals surface area contributed by atoms with Crippen molar-refractivity contribution < 1.29 is 0 Å². The summed E-state index contributed by atoms with van der Waals surface area (Å²) in [5.41, 5.74) is 0.886. The summed E-state index contributed by atoms with van der Waals surface area (Å²) in [6, 6.07) is 3.79. The molecule has 2 heterocycles. The molecular weight excluding hydrogens is 222 g/mol. The van der Waals surface area contributed by atoms with Crippen molar-refractivity contribution in [1.82, 2.24) is 25.0 Å². The average Bonchev–Trinajstić information content (AvgIpc) is 2.64. The highest BCUT2D eigenvalue weighted by Crippen LogP contribution is 2.04. The topological polar surface area (TPSA) is 59.4 Å². The summed E-state index contributed by atoms with van der Waals surface area (Å²) in [6.45, 7) is 2.74. The van der Waals surface area contributed by atoms with Gasteiger partial charge < -0.3 is 0 Å². The minimum Gasteiger partial charge on any atom is -0.298 e. The Labute approximate surface area is 98.5 Å². The van der Waals surface area contributed by atoms with Crippen molar-refractivity contribution in [2.75, 3.05) is 0 Å². The highest BCUT2D eigenvalue weighted by molar-refractivity contribution is 7.71. The van der Waals surface area contributed by atoms with Crippen LogP contribution in [0.3, 0.4) is 0 Å². The molecule has 16 heavy (non-hydrogen) atoms. The van der Waals surface area contributed by atoms with Gasteiger partial charge in [-0.15, -0.1) is 0 Å². The Hall–Kier alpha value is -1.56. The van der Waals surface area contributed by atoms with Gasteiger partial charge in [0.15, 0.2) is 4.77 Å². The van der Waals surface area contributed by atoms with E-state index in [1.165, 1.54) is 0 Å². The lowest BCUT2D eigenvalue weighted by molar-refractivity contribution is 0.679. The summed E-state index contributed by atoms with van der Waals surface area (Å²) in [7, 11) is 0. The van der Waals surface area contributed by atoms with Gasteiger partial charge in [0.1, 0.15) is 5.82 Å². The van der Waals surface area contributed by atoms with Crippen LogP contribution in [0.2, 0.25) is 0 Å². The van der Waals surface area contributed by atoms with E-state index < -0.39 is 0 Å². The Kier molecular flexibility index (Phi) is 3.40. The lowest BCUT2D eigenvalue weighted by Gasteiger charge is -2.04. The molecule has 84 valence electrons. The molecule has 0 saturated carbocycles. The lowest BCUT2D eigenvalue weighted by atomic mass is 10.3. The van der Waals surface area contributed by atoms with Crippen LogP contribution in [0.15, 0.2) is 18.3 Å². The molecule has 2 rings (SSSR count). The number of aryl methyl sites for hydroxylation is 1. The molecule has 0 aliphatic heterocycles. The van der Waals surface area contributed by atoms with Gasteiger partial charge >= 0.3 is 0 Å². The third-order valence-electron chi connectivity index (χ3n) is 2.26. The SMILES string of the molecule is CCCc1n[nH]c(=S)n1Cc1cccnn1. The van der Waals surface area contributed by atoms with Gasteiger partial charge in [-0.2, -0.15) is 15.3 Å². The van der Waals surface area contributed by atoms with Crippen LogP contribution in [-0.2, 0) is 13.0 Å². The normalized spacial score (nSPS) is 10.6. The molecule has 0 radical (unpaired) electrons. The maximum atomic E-state index is 5.18. The summed E-state index contributed by atoms with van der Waals surface area (Å²) in [5.74, 6) is 0.971. The maximum absolute atomic E-state index is 5.18. The van der Waals surface area contributed by atoms with Crippen molar-refractivity contribution in [3.63, 3.8) is 0 Å². The third-order valence-corrected chi connectivity index (χ3v) is 2.57. The van der Waals surface area contributed by atoms with E-state index in [2.05, 4.69) is 27.3 Å². The van der Waals surface area contributed by atoms with Crippen LogP contribution < -0.4 is 0 Å². The number of rotatable bonds is 4. The van der Waals surface area contributed by atoms with Crippen LogP contribution in [0.4, 0.5) is 0 Å². The van der Waals surface area contributed by atoms with Gasteiger partial charge in [-0.3, -0.25) is 9.67 Å². The molecule has 0 aliphatic carbocycles. The van der Waals surface area contributed by atoms with Crippen LogP contribution in [0, 0.1) is 4.77 Å².